The summed E-state index contributed by atoms with van der Waals surface area (Å²) in [5.41, 5.74) is 0.287. The number of ether oxygens (including phenoxy) is 1. The van der Waals surface area contributed by atoms with Crippen LogP contribution in [-0.2, 0) is 4.74 Å². The summed E-state index contributed by atoms with van der Waals surface area (Å²) in [4.78, 5) is 10.7. The van der Waals surface area contributed by atoms with Crippen molar-refractivity contribution >= 4 is 11.7 Å². The average molecular weight is 253 g/mol. The van der Waals surface area contributed by atoms with Crippen LogP contribution >= 0.6 is 0 Å². The van der Waals surface area contributed by atoms with Gasteiger partial charge in [-0.1, -0.05) is 0 Å². The monoisotopic (exact) mass is 253 g/mol. The standard InChI is InChI=1S/C13H16FNO3/c1-8-9(4-5-18-8)7-15-10-2-3-11(13(16)17)12(14)6-10/h2-3,6,8-9,15H,4-5,7H2,1H3,(H,16,17). The summed E-state index contributed by atoms with van der Waals surface area (Å²) in [5, 5.41) is 11.8. The van der Waals surface area contributed by atoms with Gasteiger partial charge in [-0.2, -0.15) is 0 Å². The Bertz CT molecular complexity index is 450. The van der Waals surface area contributed by atoms with Gasteiger partial charge in [-0.15, -0.1) is 0 Å². The van der Waals surface area contributed by atoms with Crippen LogP contribution in [0.2, 0.25) is 0 Å². The lowest BCUT2D eigenvalue weighted by molar-refractivity contribution is 0.0692. The molecule has 1 aromatic carbocycles. The molecule has 0 bridgehead atoms. The number of benzene rings is 1. The normalized spacial score (nSPS) is 23.0. The van der Waals surface area contributed by atoms with E-state index in [1.54, 1.807) is 6.07 Å². The van der Waals surface area contributed by atoms with Gasteiger partial charge in [0.1, 0.15) is 5.82 Å². The van der Waals surface area contributed by atoms with E-state index < -0.39 is 11.8 Å². The van der Waals surface area contributed by atoms with Gasteiger partial charge in [0.25, 0.3) is 0 Å². The van der Waals surface area contributed by atoms with Crippen molar-refractivity contribution in [3.05, 3.63) is 29.6 Å². The third-order valence-electron chi connectivity index (χ3n) is 3.30. The number of carboxylic acids is 1. The minimum Gasteiger partial charge on any atom is -0.478 e. The fraction of sp³-hybridized carbons (Fsp3) is 0.462. The number of hydrogen-bond acceptors (Lipinski definition) is 3. The van der Waals surface area contributed by atoms with Crippen LogP contribution in [0.1, 0.15) is 23.7 Å². The number of carboxylic acid groups (broad SMARTS) is 1. The van der Waals surface area contributed by atoms with E-state index in [0.29, 0.717) is 18.2 Å². The maximum Gasteiger partial charge on any atom is 0.338 e. The van der Waals surface area contributed by atoms with Crippen molar-refractivity contribution in [2.75, 3.05) is 18.5 Å². The molecule has 1 aromatic rings. The number of hydrogen-bond donors (Lipinski definition) is 2. The fourth-order valence-corrected chi connectivity index (χ4v) is 2.09. The van der Waals surface area contributed by atoms with Crippen molar-refractivity contribution in [2.45, 2.75) is 19.4 Å². The molecule has 1 aliphatic heterocycles. The lowest BCUT2D eigenvalue weighted by atomic mass is 10.0. The van der Waals surface area contributed by atoms with Crippen molar-refractivity contribution in [2.24, 2.45) is 5.92 Å². The zero-order chi connectivity index (χ0) is 13.1. The highest BCUT2D eigenvalue weighted by Gasteiger charge is 2.23. The van der Waals surface area contributed by atoms with E-state index in [9.17, 15) is 9.18 Å². The van der Waals surface area contributed by atoms with Crippen LogP contribution in [0.3, 0.4) is 0 Å². The summed E-state index contributed by atoms with van der Waals surface area (Å²) in [6.45, 7) is 3.49. The molecule has 2 N–H and O–H groups in total. The summed E-state index contributed by atoms with van der Waals surface area (Å²) in [6.07, 6.45) is 1.20. The minimum atomic E-state index is -1.25. The number of carbonyl (C=O) groups is 1. The molecule has 18 heavy (non-hydrogen) atoms. The summed E-state index contributed by atoms with van der Waals surface area (Å²) in [7, 11) is 0. The molecule has 0 amide bonds. The van der Waals surface area contributed by atoms with Crippen molar-refractivity contribution in [1.82, 2.24) is 0 Å². The Balaban J connectivity index is 1.98. The van der Waals surface area contributed by atoms with E-state index in [1.807, 2.05) is 6.92 Å². The van der Waals surface area contributed by atoms with Gasteiger partial charge >= 0.3 is 5.97 Å². The number of nitrogens with one attached hydrogen (secondary N) is 1. The van der Waals surface area contributed by atoms with Gasteiger partial charge in [0.2, 0.25) is 0 Å². The zero-order valence-corrected chi connectivity index (χ0v) is 10.1. The van der Waals surface area contributed by atoms with E-state index in [-0.39, 0.29) is 11.7 Å². The Kier molecular flexibility index (Phi) is 3.81. The third kappa shape index (κ3) is 2.79. The first-order chi connectivity index (χ1) is 8.58. The van der Waals surface area contributed by atoms with Crippen molar-refractivity contribution < 1.29 is 19.0 Å². The molecule has 0 radical (unpaired) electrons. The molecule has 0 saturated carbocycles. The van der Waals surface area contributed by atoms with Crippen LogP contribution in [0.15, 0.2) is 18.2 Å². The van der Waals surface area contributed by atoms with Gasteiger partial charge in [0, 0.05) is 24.8 Å². The second-order valence-corrected chi connectivity index (χ2v) is 4.51. The summed E-state index contributed by atoms with van der Waals surface area (Å²) < 4.78 is 18.9. The van der Waals surface area contributed by atoms with E-state index in [0.717, 1.165) is 13.0 Å². The Morgan fingerprint density at radius 2 is 2.39 bits per heavy atom. The predicted molar refractivity (Wildman–Crippen MR) is 65.4 cm³/mol. The van der Waals surface area contributed by atoms with Crippen LogP contribution in [0.4, 0.5) is 10.1 Å². The average Bonchev–Trinajstić information content (AvgIpc) is 2.72. The number of halogens is 1. The van der Waals surface area contributed by atoms with Crippen LogP contribution < -0.4 is 5.32 Å². The molecular weight excluding hydrogens is 237 g/mol. The SMILES string of the molecule is CC1OCCC1CNc1ccc(C(=O)O)c(F)c1. The Labute approximate surface area is 105 Å². The molecule has 1 fully saturated rings. The van der Waals surface area contributed by atoms with E-state index >= 15 is 0 Å². The van der Waals surface area contributed by atoms with Crippen molar-refractivity contribution in [3.8, 4) is 0 Å². The second kappa shape index (κ2) is 5.35. The molecule has 5 heteroatoms. The highest BCUT2D eigenvalue weighted by Crippen LogP contribution is 2.21. The largest absolute Gasteiger partial charge is 0.478 e. The Morgan fingerprint density at radius 3 is 2.94 bits per heavy atom. The van der Waals surface area contributed by atoms with Crippen molar-refractivity contribution in [3.63, 3.8) is 0 Å². The van der Waals surface area contributed by atoms with Crippen LogP contribution in [0, 0.1) is 11.7 Å². The van der Waals surface area contributed by atoms with E-state index in [4.69, 9.17) is 9.84 Å². The summed E-state index contributed by atoms with van der Waals surface area (Å²) >= 11 is 0. The smallest absolute Gasteiger partial charge is 0.338 e. The predicted octanol–water partition coefficient (Wildman–Crippen LogP) is 2.36. The zero-order valence-electron chi connectivity index (χ0n) is 10.1. The molecule has 0 spiro atoms. The first-order valence-corrected chi connectivity index (χ1v) is 5.96. The van der Waals surface area contributed by atoms with Gasteiger partial charge in [0.15, 0.2) is 0 Å². The Hall–Kier alpha value is -1.62. The molecule has 1 saturated heterocycles. The van der Waals surface area contributed by atoms with Crippen LogP contribution in [0.25, 0.3) is 0 Å². The minimum absolute atomic E-state index is 0.209. The molecule has 0 aromatic heterocycles. The summed E-state index contributed by atoms with van der Waals surface area (Å²) in [5.74, 6) is -1.56. The van der Waals surface area contributed by atoms with Gasteiger partial charge in [-0.05, 0) is 31.5 Å². The topological polar surface area (TPSA) is 58.6 Å². The first kappa shape index (κ1) is 12.8. The molecule has 2 atom stereocenters. The molecule has 4 nitrogen and oxygen atoms in total. The second-order valence-electron chi connectivity index (χ2n) is 4.51. The lowest BCUT2D eigenvalue weighted by Gasteiger charge is -2.15. The molecule has 0 aliphatic carbocycles. The maximum atomic E-state index is 13.4. The third-order valence-corrected chi connectivity index (χ3v) is 3.30. The van der Waals surface area contributed by atoms with Gasteiger partial charge in [0.05, 0.1) is 11.7 Å². The maximum absolute atomic E-state index is 13.4. The van der Waals surface area contributed by atoms with E-state index in [1.165, 1.54) is 12.1 Å². The number of aromatic carboxylic acids is 1. The number of anilines is 1. The van der Waals surface area contributed by atoms with Crippen molar-refractivity contribution in [1.29, 1.82) is 0 Å². The summed E-state index contributed by atoms with van der Waals surface area (Å²) in [6, 6.07) is 4.06. The molecule has 1 aliphatic rings. The molecule has 98 valence electrons. The van der Waals surface area contributed by atoms with Crippen LogP contribution in [0.5, 0.6) is 0 Å². The highest BCUT2D eigenvalue weighted by molar-refractivity contribution is 5.88. The molecule has 1 heterocycles. The lowest BCUT2D eigenvalue weighted by Crippen LogP contribution is -2.20. The van der Waals surface area contributed by atoms with Gasteiger partial charge < -0.3 is 15.2 Å². The van der Waals surface area contributed by atoms with Gasteiger partial charge in [-0.25, -0.2) is 9.18 Å². The molecule has 2 rings (SSSR count). The van der Waals surface area contributed by atoms with Crippen LogP contribution in [-0.4, -0.2) is 30.3 Å². The molecular formula is C13H16FNO3. The Morgan fingerprint density at radius 1 is 1.61 bits per heavy atom. The number of rotatable bonds is 4. The molecule has 2 unspecified atom stereocenters. The van der Waals surface area contributed by atoms with E-state index in [2.05, 4.69) is 5.32 Å². The first-order valence-electron chi connectivity index (χ1n) is 5.96. The quantitative estimate of drug-likeness (QED) is 0.864. The van der Waals surface area contributed by atoms with Gasteiger partial charge in [-0.3, -0.25) is 0 Å². The highest BCUT2D eigenvalue weighted by atomic mass is 19.1. The fourth-order valence-electron chi connectivity index (χ4n) is 2.09.